The van der Waals surface area contributed by atoms with Crippen molar-refractivity contribution < 1.29 is 4.74 Å². The zero-order chi connectivity index (χ0) is 22.9. The van der Waals surface area contributed by atoms with E-state index in [1.54, 1.807) is 19.5 Å². The molecule has 0 unspecified atom stereocenters. The van der Waals surface area contributed by atoms with Gasteiger partial charge in [0.1, 0.15) is 5.75 Å². The number of aromatic nitrogens is 5. The van der Waals surface area contributed by atoms with E-state index >= 15 is 0 Å². The Morgan fingerprint density at radius 1 is 0.879 bits per heavy atom. The Bertz CT molecular complexity index is 1020. The number of hydrogen-bond donors (Lipinski definition) is 2. The molecule has 0 saturated carbocycles. The molecule has 0 bridgehead atoms. The summed E-state index contributed by atoms with van der Waals surface area (Å²) in [6.07, 6.45) is 9.64. The summed E-state index contributed by atoms with van der Waals surface area (Å²) in [5.74, 6) is 2.60. The minimum Gasteiger partial charge on any atom is -0.497 e. The second-order valence-corrected chi connectivity index (χ2v) is 8.25. The maximum absolute atomic E-state index is 5.33. The van der Waals surface area contributed by atoms with Crippen molar-refractivity contribution in [1.29, 1.82) is 0 Å². The van der Waals surface area contributed by atoms with Crippen LogP contribution in [0, 0.1) is 6.92 Å². The van der Waals surface area contributed by atoms with E-state index in [0.29, 0.717) is 30.9 Å². The lowest BCUT2D eigenvalue weighted by molar-refractivity contribution is 0.414. The van der Waals surface area contributed by atoms with Crippen LogP contribution in [0.4, 0.5) is 17.8 Å². The first-order valence-corrected chi connectivity index (χ1v) is 11.6. The minimum atomic E-state index is 0.492. The van der Waals surface area contributed by atoms with E-state index in [1.165, 1.54) is 19.3 Å². The lowest BCUT2D eigenvalue weighted by Gasteiger charge is -2.25. The molecular formula is C24H32N8O. The quantitative estimate of drug-likeness (QED) is 0.530. The van der Waals surface area contributed by atoms with E-state index in [1.807, 2.05) is 31.2 Å². The van der Waals surface area contributed by atoms with Crippen molar-refractivity contribution in [2.75, 3.05) is 35.7 Å². The van der Waals surface area contributed by atoms with Crippen molar-refractivity contribution in [3.63, 3.8) is 0 Å². The molecule has 1 fully saturated rings. The van der Waals surface area contributed by atoms with Gasteiger partial charge in [0.15, 0.2) is 0 Å². The third kappa shape index (κ3) is 6.74. The number of methoxy groups -OCH3 is 1. The molecule has 4 rings (SSSR count). The highest BCUT2D eigenvalue weighted by Gasteiger charge is 2.15. The van der Waals surface area contributed by atoms with Crippen molar-refractivity contribution >= 4 is 17.8 Å². The Hall–Kier alpha value is -3.49. The van der Waals surface area contributed by atoms with Crippen LogP contribution in [0.1, 0.15) is 49.1 Å². The van der Waals surface area contributed by atoms with E-state index in [0.717, 1.165) is 48.6 Å². The zero-order valence-corrected chi connectivity index (χ0v) is 19.4. The first kappa shape index (κ1) is 22.7. The fourth-order valence-electron chi connectivity index (χ4n) is 3.76. The maximum atomic E-state index is 5.33. The maximum Gasteiger partial charge on any atom is 0.231 e. The predicted octanol–water partition coefficient (Wildman–Crippen LogP) is 3.97. The van der Waals surface area contributed by atoms with Crippen LogP contribution < -0.4 is 20.3 Å². The van der Waals surface area contributed by atoms with Crippen LogP contribution in [0.25, 0.3) is 0 Å². The highest BCUT2D eigenvalue weighted by Crippen LogP contribution is 2.20. The first-order chi connectivity index (χ1) is 16.2. The fourth-order valence-corrected chi connectivity index (χ4v) is 3.76. The van der Waals surface area contributed by atoms with Gasteiger partial charge in [-0.3, -0.25) is 9.97 Å². The second-order valence-electron chi connectivity index (χ2n) is 8.25. The molecule has 1 aromatic carbocycles. The van der Waals surface area contributed by atoms with Crippen molar-refractivity contribution in [2.45, 2.75) is 52.1 Å². The van der Waals surface area contributed by atoms with Crippen molar-refractivity contribution in [3.05, 3.63) is 53.6 Å². The third-order valence-corrected chi connectivity index (χ3v) is 5.61. The summed E-state index contributed by atoms with van der Waals surface area (Å²) < 4.78 is 5.33. The van der Waals surface area contributed by atoms with Gasteiger partial charge in [0, 0.05) is 25.8 Å². The molecule has 0 aliphatic carbocycles. The molecule has 1 saturated heterocycles. The molecular weight excluding hydrogens is 416 g/mol. The van der Waals surface area contributed by atoms with Crippen LogP contribution in [-0.4, -0.2) is 45.1 Å². The Balaban J connectivity index is 1.52. The Kier molecular flexibility index (Phi) is 7.84. The van der Waals surface area contributed by atoms with Gasteiger partial charge < -0.3 is 20.3 Å². The van der Waals surface area contributed by atoms with E-state index < -0.39 is 0 Å². The van der Waals surface area contributed by atoms with Crippen LogP contribution in [0.2, 0.25) is 0 Å². The average Bonchev–Trinajstić information content (AvgIpc) is 2.82. The summed E-state index contributed by atoms with van der Waals surface area (Å²) in [6, 6.07) is 7.96. The van der Waals surface area contributed by atoms with Gasteiger partial charge in [-0.05, 0) is 37.5 Å². The molecule has 1 aliphatic rings. The van der Waals surface area contributed by atoms with E-state index in [2.05, 4.69) is 30.5 Å². The highest BCUT2D eigenvalue weighted by molar-refractivity contribution is 5.44. The zero-order valence-electron chi connectivity index (χ0n) is 19.4. The molecule has 2 aromatic heterocycles. The lowest BCUT2D eigenvalue weighted by Crippen LogP contribution is -2.29. The second kappa shape index (κ2) is 11.4. The van der Waals surface area contributed by atoms with Crippen LogP contribution in [0.3, 0.4) is 0 Å². The first-order valence-electron chi connectivity index (χ1n) is 11.6. The smallest absolute Gasteiger partial charge is 0.231 e. The number of rotatable bonds is 8. The summed E-state index contributed by atoms with van der Waals surface area (Å²) in [6.45, 7) is 4.92. The average molecular weight is 449 g/mol. The lowest BCUT2D eigenvalue weighted by atomic mass is 10.1. The fraction of sp³-hybridized carbons (Fsp3) is 0.458. The Morgan fingerprint density at radius 2 is 1.61 bits per heavy atom. The molecule has 9 nitrogen and oxygen atoms in total. The topological polar surface area (TPSA) is 101 Å². The normalized spacial score (nSPS) is 14.3. The Morgan fingerprint density at radius 3 is 2.30 bits per heavy atom. The SMILES string of the molecule is COc1cccc(CNc2nc(NCc3cnc(C)cn3)nc(N3CCCCCCC3)n2)c1. The molecule has 174 valence electrons. The van der Waals surface area contributed by atoms with Crippen molar-refractivity contribution in [1.82, 2.24) is 24.9 Å². The van der Waals surface area contributed by atoms with Crippen LogP contribution in [0.15, 0.2) is 36.7 Å². The van der Waals surface area contributed by atoms with E-state index in [-0.39, 0.29) is 0 Å². The van der Waals surface area contributed by atoms with Gasteiger partial charge in [0.25, 0.3) is 0 Å². The van der Waals surface area contributed by atoms with Crippen molar-refractivity contribution in [3.8, 4) is 5.75 Å². The summed E-state index contributed by atoms with van der Waals surface area (Å²) in [4.78, 5) is 25.1. The van der Waals surface area contributed by atoms with Gasteiger partial charge in [-0.2, -0.15) is 15.0 Å². The standard InChI is InChI=1S/C24H32N8O/c1-18-14-26-20(16-25-18)17-28-23-29-22(27-15-19-9-8-10-21(13-19)33-2)30-24(31-23)32-11-6-4-3-5-7-12-32/h8-10,13-14,16H,3-7,11-12,15,17H2,1-2H3,(H2,27,28,29,30,31). The minimum absolute atomic E-state index is 0.492. The van der Waals surface area contributed by atoms with Gasteiger partial charge in [-0.25, -0.2) is 0 Å². The molecule has 0 atom stereocenters. The largest absolute Gasteiger partial charge is 0.497 e. The van der Waals surface area contributed by atoms with Crippen LogP contribution in [0.5, 0.6) is 5.75 Å². The van der Waals surface area contributed by atoms with E-state index in [9.17, 15) is 0 Å². The number of benzene rings is 1. The van der Waals surface area contributed by atoms with Gasteiger partial charge in [-0.15, -0.1) is 0 Å². The Labute approximate surface area is 195 Å². The van der Waals surface area contributed by atoms with Crippen molar-refractivity contribution in [2.24, 2.45) is 0 Å². The number of hydrogen-bond acceptors (Lipinski definition) is 9. The van der Waals surface area contributed by atoms with Gasteiger partial charge in [-0.1, -0.05) is 31.4 Å². The molecule has 1 aliphatic heterocycles. The van der Waals surface area contributed by atoms with Gasteiger partial charge in [0.2, 0.25) is 17.8 Å². The molecule has 0 radical (unpaired) electrons. The summed E-state index contributed by atoms with van der Waals surface area (Å²) in [5.41, 5.74) is 2.81. The number of aryl methyl sites for hydroxylation is 1. The van der Waals surface area contributed by atoms with Crippen LogP contribution in [-0.2, 0) is 13.1 Å². The summed E-state index contributed by atoms with van der Waals surface area (Å²) in [7, 11) is 1.67. The summed E-state index contributed by atoms with van der Waals surface area (Å²) in [5, 5.41) is 6.65. The molecule has 3 heterocycles. The third-order valence-electron chi connectivity index (χ3n) is 5.61. The molecule has 3 aromatic rings. The molecule has 2 N–H and O–H groups in total. The number of nitrogens with one attached hydrogen (secondary N) is 2. The number of anilines is 3. The molecule has 0 spiro atoms. The molecule has 9 heteroatoms. The monoisotopic (exact) mass is 448 g/mol. The van der Waals surface area contributed by atoms with Crippen LogP contribution >= 0.6 is 0 Å². The van der Waals surface area contributed by atoms with E-state index in [4.69, 9.17) is 14.7 Å². The molecule has 0 amide bonds. The number of ether oxygens (including phenoxy) is 1. The van der Waals surface area contributed by atoms with Gasteiger partial charge in [0.05, 0.1) is 31.2 Å². The van der Waals surface area contributed by atoms with Gasteiger partial charge >= 0.3 is 0 Å². The molecule has 33 heavy (non-hydrogen) atoms. The predicted molar refractivity (Wildman–Crippen MR) is 130 cm³/mol. The number of nitrogens with zero attached hydrogens (tertiary/aromatic N) is 6. The summed E-state index contributed by atoms with van der Waals surface area (Å²) >= 11 is 0. The highest BCUT2D eigenvalue weighted by atomic mass is 16.5.